The van der Waals surface area contributed by atoms with Crippen LogP contribution in [0, 0.1) is 0 Å². The van der Waals surface area contributed by atoms with E-state index in [1.165, 1.54) is 4.90 Å². The minimum atomic E-state index is -0.674. The number of amides is 1. The fraction of sp³-hybridized carbons (Fsp3) is 0.333. The van der Waals surface area contributed by atoms with E-state index >= 15 is 0 Å². The van der Waals surface area contributed by atoms with Crippen LogP contribution in [0.2, 0.25) is 0 Å². The quantitative estimate of drug-likeness (QED) is 0.360. The summed E-state index contributed by atoms with van der Waals surface area (Å²) in [6, 6.07) is 13.7. The SMILES string of the molecule is CC(C)Oc1ccc(C(O)=C2C(=O)C(=O)N(CCN(C)C)[C@H]2c2ccc(Br)cc2)cc1. The number of hydrogen-bond acceptors (Lipinski definition) is 5. The summed E-state index contributed by atoms with van der Waals surface area (Å²) in [5.74, 6) is -0.792. The number of rotatable bonds is 7. The number of ether oxygens (including phenoxy) is 1. The standard InChI is InChI=1S/C24H27BrN2O4/c1-15(2)31-19-11-7-17(8-12-19)22(28)20-21(16-5-9-18(25)10-6-16)27(14-13-26(3)4)24(30)23(20)29/h5-12,15,21,28H,13-14H2,1-4H3/t21-/m0/s1. The van der Waals surface area contributed by atoms with Crippen molar-refractivity contribution in [2.75, 3.05) is 27.2 Å². The van der Waals surface area contributed by atoms with Crippen LogP contribution in [0.5, 0.6) is 5.75 Å². The summed E-state index contributed by atoms with van der Waals surface area (Å²) in [6.45, 7) is 4.83. The van der Waals surface area contributed by atoms with E-state index in [0.29, 0.717) is 24.4 Å². The summed E-state index contributed by atoms with van der Waals surface area (Å²) in [5.41, 5.74) is 1.33. The first-order chi connectivity index (χ1) is 14.7. The van der Waals surface area contributed by atoms with Crippen LogP contribution in [0.15, 0.2) is 58.6 Å². The Hall–Kier alpha value is -2.64. The minimum absolute atomic E-state index is 0.0267. The van der Waals surface area contributed by atoms with Crippen molar-refractivity contribution in [2.24, 2.45) is 0 Å². The lowest BCUT2D eigenvalue weighted by Gasteiger charge is -2.26. The molecule has 2 aromatic carbocycles. The lowest BCUT2D eigenvalue weighted by Crippen LogP contribution is -2.35. The van der Waals surface area contributed by atoms with Crippen molar-refractivity contribution in [3.8, 4) is 5.75 Å². The van der Waals surface area contributed by atoms with E-state index in [9.17, 15) is 14.7 Å². The van der Waals surface area contributed by atoms with Gasteiger partial charge in [0.15, 0.2) is 0 Å². The molecule has 0 aliphatic carbocycles. The Kier molecular flexibility index (Phi) is 7.18. The maximum absolute atomic E-state index is 13.0. The average Bonchev–Trinajstić information content (AvgIpc) is 2.97. The number of carbonyl (C=O) groups excluding carboxylic acids is 2. The number of carbonyl (C=O) groups is 2. The number of benzene rings is 2. The monoisotopic (exact) mass is 486 g/mol. The number of aliphatic hydroxyl groups excluding tert-OH is 1. The molecule has 1 aliphatic rings. The Balaban J connectivity index is 2.06. The van der Waals surface area contributed by atoms with Gasteiger partial charge in [-0.25, -0.2) is 0 Å². The van der Waals surface area contributed by atoms with Crippen LogP contribution in [-0.2, 0) is 9.59 Å². The van der Waals surface area contributed by atoms with Gasteiger partial charge in [0.25, 0.3) is 11.7 Å². The highest BCUT2D eigenvalue weighted by Gasteiger charge is 2.45. The fourth-order valence-electron chi connectivity index (χ4n) is 3.53. The zero-order valence-electron chi connectivity index (χ0n) is 18.1. The van der Waals surface area contributed by atoms with E-state index < -0.39 is 17.7 Å². The lowest BCUT2D eigenvalue weighted by molar-refractivity contribution is -0.140. The van der Waals surface area contributed by atoms with E-state index in [-0.39, 0.29) is 17.4 Å². The molecule has 7 heteroatoms. The number of likely N-dealkylation sites (N-methyl/N-ethyl adjacent to an activating group) is 1. The second kappa shape index (κ2) is 9.66. The number of nitrogens with zero attached hydrogens (tertiary/aromatic N) is 2. The van der Waals surface area contributed by atoms with Gasteiger partial charge >= 0.3 is 0 Å². The summed E-state index contributed by atoms with van der Waals surface area (Å²) >= 11 is 3.42. The van der Waals surface area contributed by atoms with Crippen LogP contribution >= 0.6 is 15.9 Å². The summed E-state index contributed by atoms with van der Waals surface area (Å²) < 4.78 is 6.54. The van der Waals surface area contributed by atoms with Gasteiger partial charge in [0.1, 0.15) is 11.5 Å². The summed E-state index contributed by atoms with van der Waals surface area (Å²) in [5, 5.41) is 11.1. The number of halogens is 1. The molecule has 0 radical (unpaired) electrons. The third kappa shape index (κ3) is 5.17. The number of hydrogen-bond donors (Lipinski definition) is 1. The van der Waals surface area contributed by atoms with Crippen molar-refractivity contribution in [2.45, 2.75) is 26.0 Å². The molecule has 1 aliphatic heterocycles. The van der Waals surface area contributed by atoms with Gasteiger partial charge < -0.3 is 19.6 Å². The largest absolute Gasteiger partial charge is 0.507 e. The van der Waals surface area contributed by atoms with Crippen molar-refractivity contribution in [3.05, 3.63) is 69.7 Å². The smallest absolute Gasteiger partial charge is 0.295 e. The van der Waals surface area contributed by atoms with Crippen molar-refractivity contribution in [3.63, 3.8) is 0 Å². The average molecular weight is 487 g/mol. The molecule has 3 rings (SSSR count). The van der Waals surface area contributed by atoms with Crippen LogP contribution < -0.4 is 4.74 Å². The maximum Gasteiger partial charge on any atom is 0.295 e. The number of aliphatic hydroxyl groups is 1. The minimum Gasteiger partial charge on any atom is -0.507 e. The molecule has 0 spiro atoms. The van der Waals surface area contributed by atoms with Gasteiger partial charge in [0.2, 0.25) is 0 Å². The Morgan fingerprint density at radius 3 is 2.26 bits per heavy atom. The molecule has 1 fully saturated rings. The predicted molar refractivity (Wildman–Crippen MR) is 124 cm³/mol. The highest BCUT2D eigenvalue weighted by Crippen LogP contribution is 2.39. The molecule has 0 aromatic heterocycles. The molecular weight excluding hydrogens is 460 g/mol. The van der Waals surface area contributed by atoms with Gasteiger partial charge in [-0.05, 0) is 69.9 Å². The van der Waals surface area contributed by atoms with Gasteiger partial charge in [-0.3, -0.25) is 9.59 Å². The molecule has 0 bridgehead atoms. The molecule has 0 saturated carbocycles. The van der Waals surface area contributed by atoms with Crippen molar-refractivity contribution < 1.29 is 19.4 Å². The summed E-state index contributed by atoms with van der Waals surface area (Å²) in [4.78, 5) is 29.3. The molecule has 1 heterocycles. The van der Waals surface area contributed by atoms with Gasteiger partial charge in [-0.2, -0.15) is 0 Å². The first-order valence-corrected chi connectivity index (χ1v) is 10.9. The molecule has 1 amide bonds. The van der Waals surface area contributed by atoms with E-state index in [0.717, 1.165) is 10.0 Å². The van der Waals surface area contributed by atoms with E-state index in [1.807, 2.05) is 57.1 Å². The van der Waals surface area contributed by atoms with Crippen molar-refractivity contribution in [1.82, 2.24) is 9.80 Å². The highest BCUT2D eigenvalue weighted by atomic mass is 79.9. The summed E-state index contributed by atoms with van der Waals surface area (Å²) in [6.07, 6.45) is 0.0267. The van der Waals surface area contributed by atoms with E-state index in [2.05, 4.69) is 15.9 Å². The number of Topliss-reactive ketones (excluding diaryl/α,β-unsaturated/α-hetero) is 1. The summed E-state index contributed by atoms with van der Waals surface area (Å²) in [7, 11) is 3.82. The van der Waals surface area contributed by atoms with Gasteiger partial charge in [-0.1, -0.05) is 28.1 Å². The van der Waals surface area contributed by atoms with E-state index in [4.69, 9.17) is 4.74 Å². The highest BCUT2D eigenvalue weighted by molar-refractivity contribution is 9.10. The van der Waals surface area contributed by atoms with Crippen LogP contribution in [-0.4, -0.2) is 59.9 Å². The Bertz CT molecular complexity index is 982. The Morgan fingerprint density at radius 2 is 1.71 bits per heavy atom. The second-order valence-electron chi connectivity index (χ2n) is 8.04. The van der Waals surface area contributed by atoms with Crippen molar-refractivity contribution >= 4 is 33.4 Å². The Labute approximate surface area is 191 Å². The molecule has 0 unspecified atom stereocenters. The molecule has 1 saturated heterocycles. The molecule has 1 atom stereocenters. The number of likely N-dealkylation sites (tertiary alicyclic amines) is 1. The molecule has 31 heavy (non-hydrogen) atoms. The zero-order chi connectivity index (χ0) is 22.7. The first-order valence-electron chi connectivity index (χ1n) is 10.1. The van der Waals surface area contributed by atoms with Crippen LogP contribution in [0.1, 0.15) is 31.0 Å². The van der Waals surface area contributed by atoms with Gasteiger partial charge in [0, 0.05) is 23.1 Å². The maximum atomic E-state index is 13.0. The second-order valence-corrected chi connectivity index (χ2v) is 8.95. The van der Waals surface area contributed by atoms with Crippen LogP contribution in [0.25, 0.3) is 5.76 Å². The number of ketones is 1. The van der Waals surface area contributed by atoms with Crippen LogP contribution in [0.3, 0.4) is 0 Å². The van der Waals surface area contributed by atoms with E-state index in [1.54, 1.807) is 24.3 Å². The first kappa shape index (κ1) is 23.0. The predicted octanol–water partition coefficient (Wildman–Crippen LogP) is 4.22. The van der Waals surface area contributed by atoms with Gasteiger partial charge in [-0.15, -0.1) is 0 Å². The normalized spacial score (nSPS) is 18.3. The fourth-order valence-corrected chi connectivity index (χ4v) is 3.79. The van der Waals surface area contributed by atoms with Crippen molar-refractivity contribution in [1.29, 1.82) is 0 Å². The zero-order valence-corrected chi connectivity index (χ0v) is 19.7. The third-order valence-electron chi connectivity index (χ3n) is 5.01. The van der Waals surface area contributed by atoms with Crippen LogP contribution in [0.4, 0.5) is 0 Å². The molecular formula is C24H27BrN2O4. The topological polar surface area (TPSA) is 70.1 Å². The third-order valence-corrected chi connectivity index (χ3v) is 5.54. The van der Waals surface area contributed by atoms with Gasteiger partial charge in [0.05, 0.1) is 17.7 Å². The molecule has 6 nitrogen and oxygen atoms in total. The molecule has 164 valence electrons. The lowest BCUT2D eigenvalue weighted by atomic mass is 9.95. The molecule has 1 N–H and O–H groups in total. The molecule has 2 aromatic rings. The Morgan fingerprint density at radius 1 is 1.10 bits per heavy atom.